The lowest BCUT2D eigenvalue weighted by Gasteiger charge is -2.06. The van der Waals surface area contributed by atoms with E-state index in [2.05, 4.69) is 34.2 Å². The molecule has 0 aliphatic heterocycles. The number of fused-ring (bicyclic) bond motifs is 1. The van der Waals surface area contributed by atoms with Crippen LogP contribution in [-0.2, 0) is 12.7 Å². The summed E-state index contributed by atoms with van der Waals surface area (Å²) in [6, 6.07) is 1.60. The molecule has 25 heavy (non-hydrogen) atoms. The predicted octanol–water partition coefficient (Wildman–Crippen LogP) is 3.81. The van der Waals surface area contributed by atoms with Crippen LogP contribution in [0.1, 0.15) is 29.9 Å². The standard InChI is InChI=1S/C15H14F3N5OS/c1-8(2)6-23-12-9(5-20-23)3-10(4-19-12)13(24)22-14-21-11(7-25-14)15(16,17)18/h3-5,7-8H,6H2,1-2H3,(H,21,22,24). The molecule has 132 valence electrons. The number of aromatic nitrogens is 4. The molecular formula is C15H14F3N5OS. The van der Waals surface area contributed by atoms with Gasteiger partial charge in [0.15, 0.2) is 16.5 Å². The van der Waals surface area contributed by atoms with Gasteiger partial charge >= 0.3 is 6.18 Å². The number of nitrogens with zero attached hydrogens (tertiary/aromatic N) is 4. The summed E-state index contributed by atoms with van der Waals surface area (Å²) in [5.41, 5.74) is -0.157. The second-order valence-electron chi connectivity index (χ2n) is 5.85. The Kier molecular flexibility index (Phi) is 4.46. The average Bonchev–Trinajstić information content (AvgIpc) is 3.13. The molecule has 3 aromatic rings. The van der Waals surface area contributed by atoms with Gasteiger partial charge in [0.1, 0.15) is 0 Å². The summed E-state index contributed by atoms with van der Waals surface area (Å²) in [6.45, 7) is 4.80. The molecule has 0 aromatic carbocycles. The number of amides is 1. The summed E-state index contributed by atoms with van der Waals surface area (Å²) in [4.78, 5) is 19.8. The Morgan fingerprint density at radius 3 is 2.76 bits per heavy atom. The summed E-state index contributed by atoms with van der Waals surface area (Å²) < 4.78 is 39.4. The lowest BCUT2D eigenvalue weighted by atomic mass is 10.2. The molecule has 1 N–H and O–H groups in total. The number of rotatable bonds is 4. The molecule has 0 bridgehead atoms. The van der Waals surface area contributed by atoms with Crippen molar-refractivity contribution in [2.24, 2.45) is 5.92 Å². The van der Waals surface area contributed by atoms with Crippen molar-refractivity contribution in [3.05, 3.63) is 35.1 Å². The monoisotopic (exact) mass is 369 g/mol. The highest BCUT2D eigenvalue weighted by molar-refractivity contribution is 7.14. The fourth-order valence-electron chi connectivity index (χ4n) is 2.21. The Bertz CT molecular complexity index is 915. The first-order valence-corrected chi connectivity index (χ1v) is 8.27. The molecule has 0 saturated carbocycles. The van der Waals surface area contributed by atoms with Crippen LogP contribution in [0.25, 0.3) is 11.0 Å². The van der Waals surface area contributed by atoms with E-state index >= 15 is 0 Å². The second-order valence-corrected chi connectivity index (χ2v) is 6.71. The van der Waals surface area contributed by atoms with Gasteiger partial charge in [0.05, 0.1) is 11.8 Å². The Labute approximate surface area is 144 Å². The van der Waals surface area contributed by atoms with Crippen LogP contribution in [0.4, 0.5) is 18.3 Å². The van der Waals surface area contributed by atoms with Crippen molar-refractivity contribution in [1.29, 1.82) is 0 Å². The molecule has 6 nitrogen and oxygen atoms in total. The van der Waals surface area contributed by atoms with Crippen LogP contribution in [0.5, 0.6) is 0 Å². The minimum atomic E-state index is -4.54. The van der Waals surface area contributed by atoms with Crippen LogP contribution in [0, 0.1) is 5.92 Å². The zero-order valence-corrected chi connectivity index (χ0v) is 14.1. The summed E-state index contributed by atoms with van der Waals surface area (Å²) >= 11 is 0.714. The topological polar surface area (TPSA) is 72.7 Å². The zero-order chi connectivity index (χ0) is 18.2. The SMILES string of the molecule is CC(C)Cn1ncc2cc(C(=O)Nc3nc(C(F)(F)F)cs3)cnc21. The predicted molar refractivity (Wildman–Crippen MR) is 87.4 cm³/mol. The molecule has 0 saturated heterocycles. The van der Waals surface area contributed by atoms with E-state index in [1.54, 1.807) is 16.9 Å². The number of carbonyl (C=O) groups is 1. The van der Waals surface area contributed by atoms with Gasteiger partial charge in [-0.25, -0.2) is 14.6 Å². The molecule has 0 fully saturated rings. The van der Waals surface area contributed by atoms with Crippen molar-refractivity contribution in [3.63, 3.8) is 0 Å². The molecule has 3 heterocycles. The van der Waals surface area contributed by atoms with Crippen LogP contribution in [-0.4, -0.2) is 25.7 Å². The molecular weight excluding hydrogens is 355 g/mol. The smallest absolute Gasteiger partial charge is 0.298 e. The average molecular weight is 369 g/mol. The molecule has 1 amide bonds. The highest BCUT2D eigenvalue weighted by atomic mass is 32.1. The maximum Gasteiger partial charge on any atom is 0.434 e. The number of hydrogen-bond donors (Lipinski definition) is 1. The molecule has 0 unspecified atom stereocenters. The number of carbonyl (C=O) groups excluding carboxylic acids is 1. The molecule has 3 aromatic heterocycles. The van der Waals surface area contributed by atoms with E-state index in [0.717, 1.165) is 5.38 Å². The first-order valence-electron chi connectivity index (χ1n) is 7.39. The van der Waals surface area contributed by atoms with Crippen molar-refractivity contribution >= 4 is 33.4 Å². The van der Waals surface area contributed by atoms with Crippen LogP contribution in [0.2, 0.25) is 0 Å². The van der Waals surface area contributed by atoms with Crippen molar-refractivity contribution in [1.82, 2.24) is 19.7 Å². The largest absolute Gasteiger partial charge is 0.434 e. The van der Waals surface area contributed by atoms with Gasteiger partial charge in [-0.05, 0) is 12.0 Å². The Hall–Kier alpha value is -2.49. The molecule has 3 rings (SSSR count). The van der Waals surface area contributed by atoms with Gasteiger partial charge in [0.2, 0.25) is 0 Å². The normalized spacial score (nSPS) is 12.1. The zero-order valence-electron chi connectivity index (χ0n) is 13.3. The quantitative estimate of drug-likeness (QED) is 0.759. The molecule has 0 atom stereocenters. The van der Waals surface area contributed by atoms with Gasteiger partial charge in [-0.15, -0.1) is 11.3 Å². The van der Waals surface area contributed by atoms with E-state index in [1.165, 1.54) is 6.20 Å². The van der Waals surface area contributed by atoms with Crippen molar-refractivity contribution < 1.29 is 18.0 Å². The Morgan fingerprint density at radius 2 is 2.12 bits per heavy atom. The number of nitrogens with one attached hydrogen (secondary N) is 1. The Balaban J connectivity index is 1.79. The van der Waals surface area contributed by atoms with Crippen molar-refractivity contribution in [3.8, 4) is 0 Å². The van der Waals surface area contributed by atoms with Crippen molar-refractivity contribution in [2.75, 3.05) is 5.32 Å². The minimum Gasteiger partial charge on any atom is -0.298 e. The van der Waals surface area contributed by atoms with Gasteiger partial charge in [0, 0.05) is 23.5 Å². The number of hydrogen-bond acceptors (Lipinski definition) is 5. The fraction of sp³-hybridized carbons (Fsp3) is 0.333. The highest BCUT2D eigenvalue weighted by Crippen LogP contribution is 2.31. The third-order valence-electron chi connectivity index (χ3n) is 3.29. The molecule has 0 aliphatic carbocycles. The number of pyridine rings is 1. The van der Waals surface area contributed by atoms with E-state index in [9.17, 15) is 18.0 Å². The van der Waals surface area contributed by atoms with Gasteiger partial charge in [0.25, 0.3) is 5.91 Å². The lowest BCUT2D eigenvalue weighted by molar-refractivity contribution is -0.140. The summed E-state index contributed by atoms with van der Waals surface area (Å²) in [6.07, 6.45) is -1.56. The second kappa shape index (κ2) is 6.43. The number of anilines is 1. The highest BCUT2D eigenvalue weighted by Gasteiger charge is 2.33. The number of alkyl halides is 3. The summed E-state index contributed by atoms with van der Waals surface area (Å²) in [7, 11) is 0. The van der Waals surface area contributed by atoms with Gasteiger partial charge in [-0.1, -0.05) is 13.8 Å². The van der Waals surface area contributed by atoms with E-state index < -0.39 is 17.8 Å². The van der Waals surface area contributed by atoms with Crippen LogP contribution in [0.3, 0.4) is 0 Å². The maximum atomic E-state index is 12.5. The third-order valence-corrected chi connectivity index (χ3v) is 4.05. The van der Waals surface area contributed by atoms with E-state index in [-0.39, 0.29) is 10.7 Å². The molecule has 10 heteroatoms. The third kappa shape index (κ3) is 3.78. The summed E-state index contributed by atoms with van der Waals surface area (Å²) in [5, 5.41) is 8.01. The van der Waals surface area contributed by atoms with E-state index in [4.69, 9.17) is 0 Å². The molecule has 0 aliphatic rings. The van der Waals surface area contributed by atoms with Gasteiger partial charge < -0.3 is 0 Å². The Morgan fingerprint density at radius 1 is 1.36 bits per heavy atom. The van der Waals surface area contributed by atoms with Gasteiger partial charge in [-0.3, -0.25) is 10.1 Å². The maximum absolute atomic E-state index is 12.5. The molecule has 0 radical (unpaired) electrons. The fourth-order valence-corrected chi connectivity index (χ4v) is 2.92. The number of halogens is 3. The minimum absolute atomic E-state index is 0.118. The first-order chi connectivity index (χ1) is 11.7. The van der Waals surface area contributed by atoms with Crippen LogP contribution < -0.4 is 5.32 Å². The number of thiazole rings is 1. The first kappa shape index (κ1) is 17.3. The van der Waals surface area contributed by atoms with Crippen LogP contribution in [0.15, 0.2) is 23.8 Å². The lowest BCUT2D eigenvalue weighted by Crippen LogP contribution is -2.13. The summed E-state index contributed by atoms with van der Waals surface area (Å²) in [5.74, 6) is -0.185. The van der Waals surface area contributed by atoms with Crippen LogP contribution >= 0.6 is 11.3 Å². The van der Waals surface area contributed by atoms with Gasteiger partial charge in [-0.2, -0.15) is 18.3 Å². The van der Waals surface area contributed by atoms with E-state index in [0.29, 0.717) is 34.8 Å². The van der Waals surface area contributed by atoms with Crippen molar-refractivity contribution in [2.45, 2.75) is 26.6 Å². The van der Waals surface area contributed by atoms with E-state index in [1.807, 2.05) is 0 Å². The molecule has 0 spiro atoms.